The zero-order chi connectivity index (χ0) is 19.1. The van der Waals surface area contributed by atoms with Crippen LogP contribution < -0.4 is 10.6 Å². The van der Waals surface area contributed by atoms with Crippen LogP contribution in [0.5, 0.6) is 0 Å². The molecule has 0 bridgehead atoms. The molecule has 1 aromatic heterocycles. The van der Waals surface area contributed by atoms with Crippen molar-refractivity contribution in [3.63, 3.8) is 0 Å². The summed E-state index contributed by atoms with van der Waals surface area (Å²) in [6.45, 7) is 1.88. The van der Waals surface area contributed by atoms with Gasteiger partial charge in [-0.15, -0.1) is 0 Å². The minimum Gasteiger partial charge on any atom is -0.397 e. The van der Waals surface area contributed by atoms with Crippen molar-refractivity contribution in [2.45, 2.75) is 31.4 Å². The van der Waals surface area contributed by atoms with Crippen LogP contribution in [0.2, 0.25) is 0 Å². The molecule has 1 saturated heterocycles. The van der Waals surface area contributed by atoms with Crippen LogP contribution in [0.25, 0.3) is 11.3 Å². The van der Waals surface area contributed by atoms with E-state index < -0.39 is 0 Å². The van der Waals surface area contributed by atoms with Gasteiger partial charge in [0.15, 0.2) is 0 Å². The molecule has 28 heavy (non-hydrogen) atoms. The third-order valence-corrected chi connectivity index (χ3v) is 6.42. The summed E-state index contributed by atoms with van der Waals surface area (Å²) in [4.78, 5) is 6.67. The van der Waals surface area contributed by atoms with Gasteiger partial charge >= 0.3 is 0 Å². The third-order valence-electron chi connectivity index (χ3n) is 6.42. The van der Waals surface area contributed by atoms with Gasteiger partial charge in [0.05, 0.1) is 41.7 Å². The van der Waals surface area contributed by atoms with Crippen molar-refractivity contribution in [3.8, 4) is 11.3 Å². The lowest BCUT2D eigenvalue weighted by Gasteiger charge is -2.36. The molecule has 0 amide bonds. The molecule has 0 aliphatic carbocycles. The second-order valence-corrected chi connectivity index (χ2v) is 7.98. The Hall–Kier alpha value is -2.79. The van der Waals surface area contributed by atoms with Crippen molar-refractivity contribution in [1.29, 1.82) is 0 Å². The lowest BCUT2D eigenvalue weighted by molar-refractivity contribution is 0.0757. The topological polar surface area (TPSA) is 67.3 Å². The molecular weight excluding hydrogens is 348 g/mol. The molecule has 2 unspecified atom stereocenters. The highest BCUT2D eigenvalue weighted by molar-refractivity contribution is 5.69. The summed E-state index contributed by atoms with van der Waals surface area (Å²) in [5.41, 5.74) is 11.8. The quantitative estimate of drug-likeness (QED) is 0.683. The fourth-order valence-corrected chi connectivity index (χ4v) is 4.89. The molecule has 0 spiro atoms. The maximum Gasteiger partial charge on any atom is 0.0956 e. The highest BCUT2D eigenvalue weighted by atomic mass is 16.3. The molecule has 0 radical (unpaired) electrons. The number of nitrogen functional groups attached to an aromatic ring is 1. The zero-order valence-corrected chi connectivity index (χ0v) is 15.9. The lowest BCUT2D eigenvalue weighted by Crippen LogP contribution is -2.38. The summed E-state index contributed by atoms with van der Waals surface area (Å²) in [7, 11) is 0. The molecule has 2 aliphatic rings. The summed E-state index contributed by atoms with van der Waals surface area (Å²) in [6.07, 6.45) is 6.21. The maximum absolute atomic E-state index is 11.1. The van der Waals surface area contributed by atoms with Crippen molar-refractivity contribution in [1.82, 2.24) is 9.55 Å². The molecule has 5 rings (SSSR count). The van der Waals surface area contributed by atoms with E-state index >= 15 is 0 Å². The average molecular weight is 374 g/mol. The van der Waals surface area contributed by atoms with Crippen LogP contribution in [0.4, 0.5) is 11.4 Å². The number of fused-ring (bicyclic) bond motifs is 3. The molecule has 3 N–H and O–H groups in total. The van der Waals surface area contributed by atoms with Crippen LogP contribution in [0.3, 0.4) is 0 Å². The Kier molecular flexibility index (Phi) is 4.32. The van der Waals surface area contributed by atoms with E-state index in [0.717, 1.165) is 49.4 Å². The highest BCUT2D eigenvalue weighted by Crippen LogP contribution is 2.42. The van der Waals surface area contributed by atoms with Crippen molar-refractivity contribution in [2.75, 3.05) is 23.7 Å². The number of nitrogens with zero attached hydrogens (tertiary/aromatic N) is 3. The smallest absolute Gasteiger partial charge is 0.0956 e. The van der Waals surface area contributed by atoms with Gasteiger partial charge in [0.2, 0.25) is 0 Å². The first kappa shape index (κ1) is 17.3. The first-order valence-corrected chi connectivity index (χ1v) is 10.1. The van der Waals surface area contributed by atoms with Gasteiger partial charge in [-0.3, -0.25) is 0 Å². The summed E-state index contributed by atoms with van der Waals surface area (Å²) >= 11 is 0. The standard InChI is InChI=1S/C23H26N4O/c24-19-7-3-4-8-20(19)26-11-9-16(10-12-26)23(28)13-21-17-5-1-2-6-18(17)22-14-25-15-27(21)22/h1-8,14-16,21,23,28H,9-13,24H2. The molecule has 3 aromatic rings. The van der Waals surface area contributed by atoms with E-state index in [4.69, 9.17) is 5.73 Å². The van der Waals surface area contributed by atoms with Gasteiger partial charge < -0.3 is 20.3 Å². The minimum atomic E-state index is -0.318. The van der Waals surface area contributed by atoms with E-state index in [2.05, 4.69) is 44.8 Å². The first-order valence-electron chi connectivity index (χ1n) is 10.1. The van der Waals surface area contributed by atoms with E-state index in [0.29, 0.717) is 5.92 Å². The van der Waals surface area contributed by atoms with Crippen molar-refractivity contribution in [3.05, 3.63) is 66.6 Å². The van der Waals surface area contributed by atoms with Crippen LogP contribution in [-0.2, 0) is 0 Å². The molecule has 2 aromatic carbocycles. The molecule has 0 saturated carbocycles. The number of piperidine rings is 1. The van der Waals surface area contributed by atoms with Gasteiger partial charge in [0, 0.05) is 18.7 Å². The number of anilines is 2. The van der Waals surface area contributed by atoms with Crippen LogP contribution in [0, 0.1) is 5.92 Å². The van der Waals surface area contributed by atoms with Gasteiger partial charge in [0.25, 0.3) is 0 Å². The van der Waals surface area contributed by atoms with Crippen LogP contribution >= 0.6 is 0 Å². The highest BCUT2D eigenvalue weighted by Gasteiger charge is 2.33. The number of benzene rings is 2. The fourth-order valence-electron chi connectivity index (χ4n) is 4.89. The van der Waals surface area contributed by atoms with E-state index in [9.17, 15) is 5.11 Å². The molecule has 2 atom stereocenters. The monoisotopic (exact) mass is 374 g/mol. The Morgan fingerprint density at radius 1 is 1.07 bits per heavy atom. The van der Waals surface area contributed by atoms with Gasteiger partial charge in [-0.1, -0.05) is 36.4 Å². The molecule has 2 aliphatic heterocycles. The number of para-hydroxylation sites is 2. The lowest BCUT2D eigenvalue weighted by atomic mass is 9.86. The van der Waals surface area contributed by atoms with Crippen molar-refractivity contribution >= 4 is 11.4 Å². The second-order valence-electron chi connectivity index (χ2n) is 7.98. The number of imidazole rings is 1. The summed E-state index contributed by atoms with van der Waals surface area (Å²) in [6, 6.07) is 16.7. The number of hydrogen-bond acceptors (Lipinski definition) is 4. The largest absolute Gasteiger partial charge is 0.397 e. The number of aliphatic hydroxyl groups excluding tert-OH is 1. The summed E-state index contributed by atoms with van der Waals surface area (Å²) in [5, 5.41) is 11.1. The molecule has 1 fully saturated rings. The predicted molar refractivity (Wildman–Crippen MR) is 112 cm³/mol. The molecule has 3 heterocycles. The summed E-state index contributed by atoms with van der Waals surface area (Å²) < 4.78 is 2.22. The third kappa shape index (κ3) is 2.87. The number of hydrogen-bond donors (Lipinski definition) is 2. The van der Waals surface area contributed by atoms with E-state index in [1.807, 2.05) is 30.7 Å². The Bertz CT molecular complexity index is 974. The first-order chi connectivity index (χ1) is 13.7. The van der Waals surface area contributed by atoms with Gasteiger partial charge in [-0.2, -0.15) is 0 Å². The van der Waals surface area contributed by atoms with Crippen molar-refractivity contribution < 1.29 is 5.11 Å². The number of rotatable bonds is 4. The normalized spacial score (nSPS) is 20.0. The average Bonchev–Trinajstić information content (AvgIpc) is 3.31. The maximum atomic E-state index is 11.1. The second kappa shape index (κ2) is 6.99. The van der Waals surface area contributed by atoms with Crippen LogP contribution in [0.1, 0.15) is 30.9 Å². The van der Waals surface area contributed by atoms with E-state index in [-0.39, 0.29) is 12.1 Å². The van der Waals surface area contributed by atoms with Crippen LogP contribution in [-0.4, -0.2) is 33.9 Å². The fraction of sp³-hybridized carbons (Fsp3) is 0.348. The minimum absolute atomic E-state index is 0.173. The molecular formula is C23H26N4O. The Morgan fingerprint density at radius 3 is 2.64 bits per heavy atom. The molecule has 5 nitrogen and oxygen atoms in total. The van der Waals surface area contributed by atoms with Gasteiger partial charge in [-0.05, 0) is 42.9 Å². The SMILES string of the molecule is Nc1ccccc1N1CCC(C(O)CC2c3ccccc3-c3cncn32)CC1. The van der Waals surface area contributed by atoms with Crippen molar-refractivity contribution in [2.24, 2.45) is 5.92 Å². The van der Waals surface area contributed by atoms with Gasteiger partial charge in [0.1, 0.15) is 0 Å². The Labute approximate surface area is 165 Å². The van der Waals surface area contributed by atoms with E-state index in [1.165, 1.54) is 11.1 Å². The Morgan fingerprint density at radius 2 is 1.82 bits per heavy atom. The van der Waals surface area contributed by atoms with E-state index in [1.54, 1.807) is 0 Å². The van der Waals surface area contributed by atoms with Gasteiger partial charge in [-0.25, -0.2) is 4.98 Å². The number of aliphatic hydroxyl groups is 1. The van der Waals surface area contributed by atoms with Crippen LogP contribution in [0.15, 0.2) is 61.1 Å². The number of nitrogens with two attached hydrogens (primary N) is 1. The Balaban J connectivity index is 1.28. The predicted octanol–water partition coefficient (Wildman–Crippen LogP) is 3.70. The summed E-state index contributed by atoms with van der Waals surface area (Å²) in [5.74, 6) is 0.320. The molecule has 5 heteroatoms. The zero-order valence-electron chi connectivity index (χ0n) is 15.9. The molecule has 144 valence electrons. The number of aromatic nitrogens is 2.